The molecule has 1 aromatic carbocycles. The number of ether oxygens (including phenoxy) is 1. The lowest BCUT2D eigenvalue weighted by atomic mass is 10.2. The fraction of sp³-hybridized carbons (Fsp3) is 0.0714. The van der Waals surface area contributed by atoms with E-state index in [0.717, 1.165) is 0 Å². The molecular formula is C14H11Br2N3O3. The van der Waals surface area contributed by atoms with Crippen LogP contribution in [0.5, 0.6) is 5.75 Å². The van der Waals surface area contributed by atoms with E-state index in [1.54, 1.807) is 12.1 Å². The molecule has 1 heterocycles. The Bertz CT molecular complexity index is 708. The summed E-state index contributed by atoms with van der Waals surface area (Å²) in [6.45, 7) is 0. The van der Waals surface area contributed by atoms with E-state index in [2.05, 4.69) is 47.7 Å². The van der Waals surface area contributed by atoms with Crippen molar-refractivity contribution in [2.75, 3.05) is 7.11 Å². The predicted octanol–water partition coefficient (Wildman–Crippen LogP) is 2.69. The maximum Gasteiger partial charge on any atom is 0.273 e. The van der Waals surface area contributed by atoms with Gasteiger partial charge in [0, 0.05) is 22.4 Å². The van der Waals surface area contributed by atoms with E-state index in [0.29, 0.717) is 20.3 Å². The fourth-order valence-corrected chi connectivity index (χ4v) is 3.08. The third-order valence-electron chi connectivity index (χ3n) is 2.69. The number of hydrogen-bond donors (Lipinski definition) is 2. The van der Waals surface area contributed by atoms with Crippen molar-refractivity contribution >= 4 is 43.7 Å². The molecular weight excluding hydrogens is 418 g/mol. The Morgan fingerprint density at radius 1 is 1.09 bits per heavy atom. The topological polar surface area (TPSA) is 80.3 Å². The fourth-order valence-electron chi connectivity index (χ4n) is 1.69. The molecule has 0 unspecified atom stereocenters. The first-order valence-corrected chi connectivity index (χ1v) is 7.65. The van der Waals surface area contributed by atoms with Crippen LogP contribution >= 0.6 is 31.9 Å². The van der Waals surface area contributed by atoms with Crippen molar-refractivity contribution in [3.63, 3.8) is 0 Å². The maximum atomic E-state index is 12.2. The van der Waals surface area contributed by atoms with Crippen LogP contribution in [-0.4, -0.2) is 23.9 Å². The van der Waals surface area contributed by atoms with Crippen LogP contribution in [0.25, 0.3) is 0 Å². The Hall–Kier alpha value is -1.93. The molecule has 6 nitrogen and oxygen atoms in total. The molecule has 2 amide bonds. The van der Waals surface area contributed by atoms with Crippen molar-refractivity contribution in [1.29, 1.82) is 0 Å². The largest absolute Gasteiger partial charge is 0.495 e. The maximum absolute atomic E-state index is 12.2. The molecule has 0 aliphatic carbocycles. The second-order valence-corrected chi connectivity index (χ2v) is 5.88. The highest BCUT2D eigenvalue weighted by molar-refractivity contribution is 9.11. The van der Waals surface area contributed by atoms with Crippen molar-refractivity contribution in [2.24, 2.45) is 0 Å². The van der Waals surface area contributed by atoms with Crippen LogP contribution in [0.1, 0.15) is 20.7 Å². The molecule has 2 rings (SSSR count). The summed E-state index contributed by atoms with van der Waals surface area (Å²) < 4.78 is 6.51. The highest BCUT2D eigenvalue weighted by atomic mass is 79.9. The van der Waals surface area contributed by atoms with Crippen molar-refractivity contribution in [3.8, 4) is 5.75 Å². The van der Waals surface area contributed by atoms with Crippen molar-refractivity contribution in [2.45, 2.75) is 0 Å². The average molecular weight is 429 g/mol. The highest BCUT2D eigenvalue weighted by Gasteiger charge is 2.17. The van der Waals surface area contributed by atoms with Gasteiger partial charge < -0.3 is 4.74 Å². The number of hydrazine groups is 1. The van der Waals surface area contributed by atoms with E-state index in [1.807, 2.05) is 0 Å². The van der Waals surface area contributed by atoms with Crippen LogP contribution in [0.2, 0.25) is 0 Å². The third kappa shape index (κ3) is 3.83. The van der Waals surface area contributed by atoms with Gasteiger partial charge in [-0.05, 0) is 40.2 Å². The molecule has 114 valence electrons. The summed E-state index contributed by atoms with van der Waals surface area (Å²) in [5.74, 6) is -0.566. The summed E-state index contributed by atoms with van der Waals surface area (Å²) in [6.07, 6.45) is 2.98. The second kappa shape index (κ2) is 7.37. The minimum atomic E-state index is -0.499. The molecule has 2 aromatic rings. The Kier molecular flexibility index (Phi) is 5.51. The number of pyridine rings is 1. The van der Waals surface area contributed by atoms with Crippen LogP contribution in [0.4, 0.5) is 0 Å². The summed E-state index contributed by atoms with van der Waals surface area (Å²) in [5.41, 5.74) is 5.34. The first kappa shape index (κ1) is 16.4. The predicted molar refractivity (Wildman–Crippen MR) is 87.6 cm³/mol. The molecule has 0 radical (unpaired) electrons. The number of halogens is 2. The molecule has 0 fully saturated rings. The molecule has 0 spiro atoms. The number of carbonyl (C=O) groups excluding carboxylic acids is 2. The zero-order chi connectivity index (χ0) is 16.1. The molecule has 8 heteroatoms. The summed E-state index contributed by atoms with van der Waals surface area (Å²) in [5, 5.41) is 0. The van der Waals surface area contributed by atoms with Gasteiger partial charge in [-0.25, -0.2) is 0 Å². The summed E-state index contributed by atoms with van der Waals surface area (Å²) >= 11 is 6.62. The summed E-state index contributed by atoms with van der Waals surface area (Å²) in [7, 11) is 1.46. The lowest BCUT2D eigenvalue weighted by Gasteiger charge is -2.12. The Morgan fingerprint density at radius 2 is 1.73 bits per heavy atom. The molecule has 2 N–H and O–H groups in total. The zero-order valence-corrected chi connectivity index (χ0v) is 14.6. The number of nitrogens with zero attached hydrogens (tertiary/aromatic N) is 1. The van der Waals surface area contributed by atoms with Crippen LogP contribution in [-0.2, 0) is 0 Å². The van der Waals surface area contributed by atoms with Crippen LogP contribution in [0, 0.1) is 0 Å². The summed E-state index contributed by atoms with van der Waals surface area (Å²) in [4.78, 5) is 27.9. The number of methoxy groups -OCH3 is 1. The van der Waals surface area contributed by atoms with Crippen LogP contribution < -0.4 is 15.6 Å². The van der Waals surface area contributed by atoms with Crippen molar-refractivity contribution < 1.29 is 14.3 Å². The molecule has 22 heavy (non-hydrogen) atoms. The van der Waals surface area contributed by atoms with Crippen molar-refractivity contribution in [1.82, 2.24) is 15.8 Å². The molecule has 1 aromatic heterocycles. The second-order valence-electron chi connectivity index (χ2n) is 4.11. The minimum absolute atomic E-state index is 0.277. The Morgan fingerprint density at radius 3 is 2.36 bits per heavy atom. The first-order valence-electron chi connectivity index (χ1n) is 6.06. The average Bonchev–Trinajstić information content (AvgIpc) is 2.52. The van der Waals surface area contributed by atoms with E-state index in [-0.39, 0.29) is 5.56 Å². The van der Waals surface area contributed by atoms with Gasteiger partial charge in [-0.15, -0.1) is 0 Å². The van der Waals surface area contributed by atoms with Gasteiger partial charge in [0.25, 0.3) is 11.8 Å². The van der Waals surface area contributed by atoms with E-state index >= 15 is 0 Å². The number of rotatable bonds is 3. The van der Waals surface area contributed by atoms with Gasteiger partial charge in [0.2, 0.25) is 0 Å². The lowest BCUT2D eigenvalue weighted by molar-refractivity contribution is 0.0844. The van der Waals surface area contributed by atoms with Gasteiger partial charge in [0.05, 0.1) is 17.1 Å². The zero-order valence-electron chi connectivity index (χ0n) is 11.4. The van der Waals surface area contributed by atoms with Crippen LogP contribution in [0.15, 0.2) is 45.6 Å². The highest BCUT2D eigenvalue weighted by Crippen LogP contribution is 2.32. The number of aromatic nitrogens is 1. The van der Waals surface area contributed by atoms with Gasteiger partial charge in [0.1, 0.15) is 5.75 Å². The molecule has 0 saturated carbocycles. The third-order valence-corrected chi connectivity index (χ3v) is 3.74. The standard InChI is InChI=1S/C14H11Br2N3O3/c1-22-12-10(6-9(15)7-11(12)16)14(21)19-18-13(20)8-2-4-17-5-3-8/h2-7H,1H3,(H,18,20)(H,19,21). The number of hydrogen-bond acceptors (Lipinski definition) is 4. The molecule has 0 atom stereocenters. The van der Waals surface area contributed by atoms with Gasteiger partial charge in [-0.2, -0.15) is 0 Å². The Labute approximate surface area is 143 Å². The molecule has 0 aliphatic heterocycles. The minimum Gasteiger partial charge on any atom is -0.495 e. The van der Waals surface area contributed by atoms with E-state index in [9.17, 15) is 9.59 Å². The van der Waals surface area contributed by atoms with E-state index in [1.165, 1.54) is 31.6 Å². The quantitative estimate of drug-likeness (QED) is 0.736. The smallest absolute Gasteiger partial charge is 0.273 e. The Balaban J connectivity index is 2.12. The van der Waals surface area contributed by atoms with Crippen LogP contribution in [0.3, 0.4) is 0 Å². The molecule has 0 bridgehead atoms. The van der Waals surface area contributed by atoms with E-state index < -0.39 is 11.8 Å². The van der Waals surface area contributed by atoms with E-state index in [4.69, 9.17) is 4.74 Å². The summed E-state index contributed by atoms with van der Waals surface area (Å²) in [6, 6.07) is 6.43. The first-order chi connectivity index (χ1) is 10.5. The lowest BCUT2D eigenvalue weighted by Crippen LogP contribution is -2.41. The SMILES string of the molecule is COc1c(Br)cc(Br)cc1C(=O)NNC(=O)c1ccncc1. The van der Waals surface area contributed by atoms with Gasteiger partial charge in [-0.1, -0.05) is 15.9 Å². The number of amides is 2. The molecule has 0 aliphatic rings. The number of nitrogens with one attached hydrogen (secondary N) is 2. The molecule has 0 saturated heterocycles. The van der Waals surface area contributed by atoms with Crippen molar-refractivity contribution in [3.05, 3.63) is 56.7 Å². The van der Waals surface area contributed by atoms with Gasteiger partial charge in [-0.3, -0.25) is 25.4 Å². The monoisotopic (exact) mass is 427 g/mol. The van der Waals surface area contributed by atoms with Gasteiger partial charge in [0.15, 0.2) is 0 Å². The normalized spacial score (nSPS) is 9.95. The number of carbonyl (C=O) groups is 2. The van der Waals surface area contributed by atoms with Gasteiger partial charge >= 0.3 is 0 Å². The number of benzene rings is 1.